The number of aromatic hydroxyl groups is 1. The first-order valence-electron chi connectivity index (χ1n) is 23.5. The summed E-state index contributed by atoms with van der Waals surface area (Å²) < 4.78 is 9.14. The summed E-state index contributed by atoms with van der Waals surface area (Å²) in [6, 6.07) is 63.5. The molecule has 0 aliphatic carbocycles. The molecule has 11 rings (SSSR count). The number of pyridine rings is 1. The van der Waals surface area contributed by atoms with Crippen LogP contribution in [0.25, 0.3) is 94.3 Å². The van der Waals surface area contributed by atoms with Gasteiger partial charge in [0.05, 0.1) is 22.3 Å². The van der Waals surface area contributed by atoms with Gasteiger partial charge in [-0.3, -0.25) is 9.55 Å². The summed E-state index contributed by atoms with van der Waals surface area (Å²) in [5.41, 5.74) is 13.7. The summed E-state index contributed by atoms with van der Waals surface area (Å²) in [6.45, 7) is 17.7. The van der Waals surface area contributed by atoms with E-state index in [0.29, 0.717) is 11.4 Å². The SMILES string of the molecule is CC(C)(C)c1cc(-c2nc3c(-c4[c-]c(-c5nccc6c5oc5c7ccccc7ccc65)cc(C(C)(C)c5ccccc5)c4)cccc3n2-c2ccccc2-c2ccccc2)c(O)c(C(C)(C)C)c1.[Pt]. The molecule has 8 aromatic carbocycles. The van der Waals surface area contributed by atoms with Crippen molar-refractivity contribution < 1.29 is 30.6 Å². The van der Waals surface area contributed by atoms with Gasteiger partial charge in [-0.1, -0.05) is 194 Å². The fourth-order valence-corrected chi connectivity index (χ4v) is 9.93. The number of rotatable bonds is 7. The molecule has 69 heavy (non-hydrogen) atoms. The zero-order chi connectivity index (χ0) is 47.1. The molecule has 5 nitrogen and oxygen atoms in total. The number of para-hydroxylation sites is 2. The molecular formula is C63H54N3O2Pt-. The van der Waals surface area contributed by atoms with Crippen LogP contribution in [0.4, 0.5) is 0 Å². The van der Waals surface area contributed by atoms with Crippen LogP contribution >= 0.6 is 0 Å². The van der Waals surface area contributed by atoms with Crippen molar-refractivity contribution >= 4 is 43.7 Å². The number of benzene rings is 8. The molecule has 0 unspecified atom stereocenters. The number of phenols is 1. The fourth-order valence-electron chi connectivity index (χ4n) is 9.93. The van der Waals surface area contributed by atoms with E-state index < -0.39 is 5.41 Å². The average molecular weight is 1080 g/mol. The van der Waals surface area contributed by atoms with E-state index in [9.17, 15) is 5.11 Å². The molecule has 0 aliphatic rings. The number of furan rings is 1. The van der Waals surface area contributed by atoms with E-state index in [2.05, 4.69) is 230 Å². The van der Waals surface area contributed by atoms with E-state index in [1.54, 1.807) is 0 Å². The van der Waals surface area contributed by atoms with E-state index >= 15 is 0 Å². The second kappa shape index (κ2) is 17.2. The second-order valence-corrected chi connectivity index (χ2v) is 20.7. The Morgan fingerprint density at radius 3 is 1.96 bits per heavy atom. The predicted octanol–water partition coefficient (Wildman–Crippen LogP) is 16.6. The van der Waals surface area contributed by atoms with Crippen molar-refractivity contribution in [3.63, 3.8) is 0 Å². The van der Waals surface area contributed by atoms with Gasteiger partial charge >= 0.3 is 0 Å². The van der Waals surface area contributed by atoms with Gasteiger partial charge in [-0.25, -0.2) is 4.98 Å². The topological polar surface area (TPSA) is 64.1 Å². The molecule has 0 amide bonds. The van der Waals surface area contributed by atoms with Gasteiger partial charge in [-0.2, -0.15) is 0 Å². The fraction of sp³-hybridized carbons (Fsp3) is 0.175. The van der Waals surface area contributed by atoms with Crippen molar-refractivity contribution in [3.05, 3.63) is 204 Å². The monoisotopic (exact) mass is 1080 g/mol. The Bertz CT molecular complexity index is 3740. The molecule has 1 N–H and O–H groups in total. The third kappa shape index (κ3) is 7.87. The largest absolute Gasteiger partial charge is 0.507 e. The van der Waals surface area contributed by atoms with Crippen LogP contribution in [0.15, 0.2) is 180 Å². The van der Waals surface area contributed by atoms with Crippen LogP contribution in [-0.4, -0.2) is 19.6 Å². The molecule has 0 radical (unpaired) electrons. The standard InChI is InChI=1S/C63H54N3O2.Pt/c1-61(2,3)44-37-51(57(67)52(38-44)62(4,5)6)60-65-56-47(27-19-29-54(56)66(60)53-28-18-17-25-46(53)39-20-11-9-12-21-39)41-34-42(36-45(35-41)63(7,8)43-23-13-10-14-24-43)55-59-50(32-33-64-55)49-31-30-40-22-15-16-26-48(40)58(49)68-59;/h9-33,35-38,67H,1-8H3;/q-1;. The normalized spacial score (nSPS) is 12.3. The summed E-state index contributed by atoms with van der Waals surface area (Å²) in [5, 5.41) is 16.8. The van der Waals surface area contributed by atoms with Crippen LogP contribution < -0.4 is 0 Å². The van der Waals surface area contributed by atoms with E-state index in [-0.39, 0.29) is 37.6 Å². The zero-order valence-electron chi connectivity index (χ0n) is 40.3. The Morgan fingerprint density at radius 1 is 0.536 bits per heavy atom. The van der Waals surface area contributed by atoms with Crippen LogP contribution in [0.5, 0.6) is 5.75 Å². The minimum Gasteiger partial charge on any atom is -0.507 e. The molecule has 0 saturated heterocycles. The minimum absolute atomic E-state index is 0. The van der Waals surface area contributed by atoms with Crippen LogP contribution in [-0.2, 0) is 37.3 Å². The Kier molecular flexibility index (Phi) is 11.4. The molecule has 6 heteroatoms. The molecule has 3 aromatic heterocycles. The first-order chi connectivity index (χ1) is 32.7. The number of aromatic nitrogens is 3. The van der Waals surface area contributed by atoms with Crippen LogP contribution in [0.1, 0.15) is 77.6 Å². The van der Waals surface area contributed by atoms with E-state index in [1.807, 2.05) is 12.3 Å². The zero-order valence-corrected chi connectivity index (χ0v) is 42.5. The maximum atomic E-state index is 12.6. The Balaban J connectivity index is 0.00000553. The van der Waals surface area contributed by atoms with Gasteiger partial charge in [0.25, 0.3) is 0 Å². The van der Waals surface area contributed by atoms with Gasteiger partial charge in [0, 0.05) is 65.7 Å². The third-order valence-corrected chi connectivity index (χ3v) is 13.8. The van der Waals surface area contributed by atoms with Crippen molar-refractivity contribution in [2.45, 2.75) is 71.6 Å². The summed E-state index contributed by atoms with van der Waals surface area (Å²) >= 11 is 0. The van der Waals surface area contributed by atoms with Gasteiger partial charge < -0.3 is 9.52 Å². The van der Waals surface area contributed by atoms with Gasteiger partial charge in [-0.15, -0.1) is 29.3 Å². The van der Waals surface area contributed by atoms with E-state index in [0.717, 1.165) is 99.6 Å². The molecule has 344 valence electrons. The van der Waals surface area contributed by atoms with Crippen LogP contribution in [0.2, 0.25) is 0 Å². The average Bonchev–Trinajstić information content (AvgIpc) is 3.93. The number of phenolic OH excluding ortho intramolecular Hbond substituents is 1. The molecular weight excluding hydrogens is 1030 g/mol. The number of hydrogen-bond acceptors (Lipinski definition) is 4. The third-order valence-electron chi connectivity index (χ3n) is 13.8. The smallest absolute Gasteiger partial charge is 0.148 e. The first-order valence-corrected chi connectivity index (χ1v) is 23.5. The summed E-state index contributed by atoms with van der Waals surface area (Å²) in [7, 11) is 0. The molecule has 0 atom stereocenters. The summed E-state index contributed by atoms with van der Waals surface area (Å²) in [5.74, 6) is 0.894. The van der Waals surface area contributed by atoms with Crippen molar-refractivity contribution in [1.82, 2.24) is 14.5 Å². The number of fused-ring (bicyclic) bond motifs is 6. The van der Waals surface area contributed by atoms with Gasteiger partial charge in [0.15, 0.2) is 0 Å². The second-order valence-electron chi connectivity index (χ2n) is 20.7. The predicted molar refractivity (Wildman–Crippen MR) is 282 cm³/mol. The number of imidazole rings is 1. The molecule has 3 heterocycles. The molecule has 0 spiro atoms. The molecule has 0 fully saturated rings. The van der Waals surface area contributed by atoms with Gasteiger partial charge in [0.1, 0.15) is 22.7 Å². The van der Waals surface area contributed by atoms with Gasteiger partial charge in [0.2, 0.25) is 0 Å². The Hall–Kier alpha value is -7.07. The molecule has 0 bridgehead atoms. The maximum absolute atomic E-state index is 12.6. The quantitative estimate of drug-likeness (QED) is 0.162. The van der Waals surface area contributed by atoms with Gasteiger partial charge in [-0.05, 0) is 63.2 Å². The number of nitrogens with zero attached hydrogens (tertiary/aromatic N) is 3. The van der Waals surface area contributed by atoms with E-state index in [4.69, 9.17) is 14.4 Å². The minimum atomic E-state index is -0.409. The summed E-state index contributed by atoms with van der Waals surface area (Å²) in [6.07, 6.45) is 1.88. The van der Waals surface area contributed by atoms with E-state index in [1.165, 1.54) is 5.56 Å². The van der Waals surface area contributed by atoms with Crippen LogP contribution in [0, 0.1) is 6.07 Å². The Morgan fingerprint density at radius 2 is 1.20 bits per heavy atom. The van der Waals surface area contributed by atoms with Crippen molar-refractivity contribution in [2.24, 2.45) is 0 Å². The van der Waals surface area contributed by atoms with Crippen molar-refractivity contribution in [1.29, 1.82) is 0 Å². The Labute approximate surface area is 418 Å². The molecule has 11 aromatic rings. The van der Waals surface area contributed by atoms with Crippen molar-refractivity contribution in [2.75, 3.05) is 0 Å². The summed E-state index contributed by atoms with van der Waals surface area (Å²) in [4.78, 5) is 10.8. The van der Waals surface area contributed by atoms with Crippen molar-refractivity contribution in [3.8, 4) is 56.3 Å². The number of hydrogen-bond donors (Lipinski definition) is 1. The first kappa shape index (κ1) is 45.7. The molecule has 0 saturated carbocycles. The van der Waals surface area contributed by atoms with Crippen LogP contribution in [0.3, 0.4) is 0 Å². The molecule has 0 aliphatic heterocycles. The maximum Gasteiger partial charge on any atom is 0.148 e.